The van der Waals surface area contributed by atoms with Crippen LogP contribution in [-0.4, -0.2) is 18.3 Å². The lowest BCUT2D eigenvalue weighted by atomic mass is 9.87. The second-order valence-electron chi connectivity index (χ2n) is 24.6. The van der Waals surface area contributed by atoms with E-state index in [-0.39, 0.29) is 25.7 Å². The highest BCUT2D eigenvalue weighted by molar-refractivity contribution is 6.14. The monoisotopic (exact) mass is 1110 g/mol. The Kier molecular flexibility index (Phi) is 13.7. The molecule has 0 saturated heterocycles. The summed E-state index contributed by atoms with van der Waals surface area (Å²) in [7, 11) is 0. The summed E-state index contributed by atoms with van der Waals surface area (Å²) < 4.78 is 9.56. The Morgan fingerprint density at radius 1 is 0.198 bits per heavy atom. The van der Waals surface area contributed by atoms with Crippen molar-refractivity contribution in [2.75, 3.05) is 0 Å². The van der Waals surface area contributed by atoms with Gasteiger partial charge in [-0.05, 0) is 159 Å². The lowest BCUT2D eigenvalue weighted by Crippen LogP contribution is -2.10. The fourth-order valence-electron chi connectivity index (χ4n) is 13.1. The average molecular weight is 1110 g/mol. The zero-order valence-corrected chi connectivity index (χ0v) is 48.3. The molecule has 0 unspecified atom stereocenters. The highest BCUT2D eigenvalue weighted by Gasteiger charge is 2.21. The minimum atomic E-state index is 0. The van der Waals surface area contributed by atoms with Gasteiger partial charge in [0.15, 0.2) is 0 Å². The van der Waals surface area contributed by atoms with Crippen LogP contribution < -0.4 is 0 Å². The van der Waals surface area contributed by atoms with Gasteiger partial charge >= 0.3 is 0 Å². The molecule has 0 amide bonds. The van der Waals surface area contributed by atoms with Gasteiger partial charge in [-0.3, -0.25) is 0 Å². The number of fused-ring (bicyclic) bond motifs is 12. The van der Waals surface area contributed by atoms with Crippen molar-refractivity contribution in [2.45, 2.75) is 67.2 Å². The van der Waals surface area contributed by atoms with Crippen LogP contribution in [0, 0.1) is 0 Å². The lowest BCUT2D eigenvalue weighted by molar-refractivity contribution is 0.590. The second-order valence-corrected chi connectivity index (χ2v) is 24.6. The molecule has 16 rings (SSSR count). The van der Waals surface area contributed by atoms with Crippen molar-refractivity contribution in [3.63, 3.8) is 0 Å². The third-order valence-corrected chi connectivity index (χ3v) is 17.4. The molecule has 0 saturated carbocycles. The zero-order chi connectivity index (χ0) is 56.8. The molecule has 86 heavy (non-hydrogen) atoms. The highest BCUT2D eigenvalue weighted by Crippen LogP contribution is 2.41. The molecular formula is C82H72N4. The van der Waals surface area contributed by atoms with Gasteiger partial charge in [-0.15, -0.1) is 0 Å². The summed E-state index contributed by atoms with van der Waals surface area (Å²) in [5, 5.41) is 10.2. The first-order valence-corrected chi connectivity index (χ1v) is 29.4. The summed E-state index contributed by atoms with van der Waals surface area (Å²) in [5.74, 6) is 0. The summed E-state index contributed by atoms with van der Waals surface area (Å²) in [6.07, 6.45) is 0. The van der Waals surface area contributed by atoms with Crippen molar-refractivity contribution in [1.82, 2.24) is 18.3 Å². The van der Waals surface area contributed by atoms with Crippen LogP contribution in [0.15, 0.2) is 279 Å². The van der Waals surface area contributed by atoms with Crippen molar-refractivity contribution >= 4 is 87.2 Å². The number of benzene rings is 12. The normalized spacial score (nSPS) is 11.9. The van der Waals surface area contributed by atoms with E-state index in [9.17, 15) is 0 Å². The molecule has 0 aliphatic rings. The Hall–Kier alpha value is -10.2. The molecule has 4 heteroatoms. The smallest absolute Gasteiger partial charge is 0.0547 e. The third-order valence-electron chi connectivity index (χ3n) is 17.4. The highest BCUT2D eigenvalue weighted by atomic mass is 15.0. The molecule has 4 aromatic heterocycles. The van der Waals surface area contributed by atoms with Gasteiger partial charge in [0.1, 0.15) is 0 Å². The number of para-hydroxylation sites is 6. The Morgan fingerprint density at radius 2 is 0.442 bits per heavy atom. The van der Waals surface area contributed by atoms with E-state index in [1.54, 1.807) is 0 Å². The standard InChI is InChI=1S/2C40H32N2.2CH4/c1-40(2,3)29-19-21-31(22-20-29)42-36-15-9-7-13-32(36)34-23-17-28(26-39(34)42)27-18-24-38-35(25-27)33-14-8-10-16-37(33)41(38)30-11-5-4-6-12-30;1-40(2,3)29-19-21-31(22-20-29)42-37-16-10-8-14-33(37)35-26-28(18-24-39(35)42)27-17-23-38-34(25-27)32-13-7-9-15-36(32)41(38)30-11-5-4-6-12-30;;/h2*4-26H,1-3H3;2*1H4. The van der Waals surface area contributed by atoms with Crippen LogP contribution in [0.1, 0.15) is 67.5 Å². The molecule has 0 atom stereocenters. The summed E-state index contributed by atoms with van der Waals surface area (Å²) in [6, 6.07) is 102. The van der Waals surface area contributed by atoms with Crippen molar-refractivity contribution in [3.8, 4) is 45.0 Å². The van der Waals surface area contributed by atoms with Gasteiger partial charge in [0.05, 0.1) is 44.1 Å². The van der Waals surface area contributed by atoms with Gasteiger partial charge in [-0.2, -0.15) is 0 Å². The zero-order valence-electron chi connectivity index (χ0n) is 48.3. The summed E-state index contributed by atoms with van der Waals surface area (Å²) in [5.41, 5.74) is 22.4. The first-order chi connectivity index (χ1) is 40.9. The first kappa shape index (κ1) is 55.1. The predicted molar refractivity (Wildman–Crippen MR) is 372 cm³/mol. The van der Waals surface area contributed by atoms with Crippen LogP contribution in [0.3, 0.4) is 0 Å². The Bertz CT molecular complexity index is 5160. The van der Waals surface area contributed by atoms with Crippen LogP contribution in [0.5, 0.6) is 0 Å². The van der Waals surface area contributed by atoms with Gasteiger partial charge in [-0.25, -0.2) is 0 Å². The van der Waals surface area contributed by atoms with E-state index < -0.39 is 0 Å². The fraction of sp³-hybridized carbons (Fsp3) is 0.122. The number of nitrogens with zero attached hydrogens (tertiary/aromatic N) is 4. The van der Waals surface area contributed by atoms with Crippen LogP contribution in [-0.2, 0) is 10.8 Å². The minimum absolute atomic E-state index is 0. The number of aromatic nitrogens is 4. The number of hydrogen-bond donors (Lipinski definition) is 0. The van der Waals surface area contributed by atoms with E-state index in [1.807, 2.05) is 0 Å². The van der Waals surface area contributed by atoms with Crippen molar-refractivity contribution < 1.29 is 0 Å². The van der Waals surface area contributed by atoms with E-state index in [0.717, 1.165) is 0 Å². The van der Waals surface area contributed by atoms with Crippen molar-refractivity contribution in [2.24, 2.45) is 0 Å². The van der Waals surface area contributed by atoms with Gasteiger partial charge in [0.2, 0.25) is 0 Å². The van der Waals surface area contributed by atoms with E-state index in [1.165, 1.54) is 143 Å². The van der Waals surface area contributed by atoms with Crippen LogP contribution in [0.25, 0.3) is 132 Å². The maximum Gasteiger partial charge on any atom is 0.0547 e. The van der Waals surface area contributed by atoms with Crippen LogP contribution >= 0.6 is 0 Å². The molecule has 0 spiro atoms. The molecule has 0 fully saturated rings. The SMILES string of the molecule is C.C.CC(C)(C)c1ccc(-n2c3ccccc3c3cc(-c4ccc5c(c4)c4ccccc4n5-c4ccccc4)ccc32)cc1.CC(C)(C)c1ccc(-n2c3ccccc3c3ccc(-c4ccc5c(c4)c4ccccc4n5-c4ccccc4)cc32)cc1. The molecule has 0 aliphatic heterocycles. The molecule has 420 valence electrons. The second kappa shape index (κ2) is 21.5. The lowest BCUT2D eigenvalue weighted by Gasteiger charge is -2.19. The van der Waals surface area contributed by atoms with E-state index in [0.29, 0.717) is 0 Å². The van der Waals surface area contributed by atoms with Gasteiger partial charge in [0, 0.05) is 65.8 Å². The molecule has 4 heterocycles. The molecule has 0 radical (unpaired) electrons. The molecule has 0 bridgehead atoms. The molecule has 4 nitrogen and oxygen atoms in total. The maximum absolute atomic E-state index is 2.42. The van der Waals surface area contributed by atoms with Gasteiger partial charge in [0.25, 0.3) is 0 Å². The molecule has 16 aromatic rings. The predicted octanol–water partition coefficient (Wildman–Crippen LogP) is 23.0. The number of hydrogen-bond acceptors (Lipinski definition) is 0. The topological polar surface area (TPSA) is 19.7 Å². The van der Waals surface area contributed by atoms with E-state index >= 15 is 0 Å². The maximum atomic E-state index is 2.42. The Morgan fingerprint density at radius 3 is 0.779 bits per heavy atom. The van der Waals surface area contributed by atoms with Crippen molar-refractivity contribution in [3.05, 3.63) is 290 Å². The minimum Gasteiger partial charge on any atom is -0.309 e. The summed E-state index contributed by atoms with van der Waals surface area (Å²) >= 11 is 0. The van der Waals surface area contributed by atoms with Crippen LogP contribution in [0.2, 0.25) is 0 Å². The van der Waals surface area contributed by atoms with Crippen LogP contribution in [0.4, 0.5) is 0 Å². The van der Waals surface area contributed by atoms with E-state index in [2.05, 4.69) is 339 Å². The fourth-order valence-corrected chi connectivity index (χ4v) is 13.1. The average Bonchev–Trinajstić information content (AvgIpc) is 1.80. The molecular weight excluding hydrogens is 1040 g/mol. The molecule has 0 N–H and O–H groups in total. The molecule has 12 aromatic carbocycles. The largest absolute Gasteiger partial charge is 0.309 e. The Balaban J connectivity index is 0.000000156. The summed E-state index contributed by atoms with van der Waals surface area (Å²) in [4.78, 5) is 0. The summed E-state index contributed by atoms with van der Waals surface area (Å²) in [6.45, 7) is 13.6. The van der Waals surface area contributed by atoms with Gasteiger partial charge in [-0.1, -0.05) is 220 Å². The molecule has 0 aliphatic carbocycles. The quantitative estimate of drug-likeness (QED) is 0.158. The first-order valence-electron chi connectivity index (χ1n) is 29.4. The number of rotatable bonds is 6. The van der Waals surface area contributed by atoms with Crippen molar-refractivity contribution in [1.29, 1.82) is 0 Å². The van der Waals surface area contributed by atoms with E-state index in [4.69, 9.17) is 0 Å². The van der Waals surface area contributed by atoms with Gasteiger partial charge < -0.3 is 18.3 Å². The third kappa shape index (κ3) is 9.25. The Labute approximate surface area is 505 Å².